The third-order valence-electron chi connectivity index (χ3n) is 5.84. The van der Waals surface area contributed by atoms with Crippen molar-refractivity contribution in [3.8, 4) is 0 Å². The Balaban J connectivity index is 1.69. The largest absolute Gasteiger partial charge is 0.330 e. The van der Waals surface area contributed by atoms with Crippen LogP contribution >= 0.6 is 0 Å². The van der Waals surface area contributed by atoms with Crippen LogP contribution in [-0.2, 0) is 16.1 Å². The molecule has 2 aromatic carbocycles. The number of rotatable bonds is 9. The average molecular weight is 459 g/mol. The Morgan fingerprint density at radius 2 is 1.74 bits per heavy atom. The van der Waals surface area contributed by atoms with E-state index in [1.54, 1.807) is 11.0 Å². The molecule has 0 aliphatic carbocycles. The molecule has 0 aliphatic rings. The molecule has 1 aromatic heterocycles. The van der Waals surface area contributed by atoms with Gasteiger partial charge in [-0.05, 0) is 57.4 Å². The zero-order valence-electron chi connectivity index (χ0n) is 20.8. The van der Waals surface area contributed by atoms with Gasteiger partial charge in [-0.2, -0.15) is 5.10 Å². The van der Waals surface area contributed by atoms with Crippen molar-refractivity contribution in [2.75, 3.05) is 18.4 Å². The van der Waals surface area contributed by atoms with Crippen LogP contribution in [0.1, 0.15) is 47.0 Å². The molecule has 0 radical (unpaired) electrons. The molecule has 6 heteroatoms. The number of benzene rings is 2. The highest BCUT2D eigenvalue weighted by Crippen LogP contribution is 2.17. The Kier molecular flexibility index (Phi) is 8.41. The van der Waals surface area contributed by atoms with Gasteiger partial charge in [0.05, 0.1) is 12.2 Å². The van der Waals surface area contributed by atoms with Crippen LogP contribution in [0.25, 0.3) is 6.08 Å². The van der Waals surface area contributed by atoms with Crippen LogP contribution in [0.2, 0.25) is 0 Å². The number of para-hydroxylation sites is 1. The second kappa shape index (κ2) is 11.5. The van der Waals surface area contributed by atoms with Crippen molar-refractivity contribution >= 4 is 23.6 Å². The van der Waals surface area contributed by atoms with E-state index in [0.29, 0.717) is 13.1 Å². The lowest BCUT2D eigenvalue weighted by Gasteiger charge is -2.20. The SMILES string of the molecule is CCCN(CC(=O)Nc1ccccc1C)C(=O)/C=C/c1c(C)nn(Cc2ccc(C)cc2)c1C. The predicted molar refractivity (Wildman–Crippen MR) is 138 cm³/mol. The fourth-order valence-electron chi connectivity index (χ4n) is 3.85. The molecule has 178 valence electrons. The number of aryl methyl sites for hydroxylation is 3. The zero-order valence-corrected chi connectivity index (χ0v) is 20.8. The quantitative estimate of drug-likeness (QED) is 0.456. The van der Waals surface area contributed by atoms with Gasteiger partial charge in [0.2, 0.25) is 11.8 Å². The van der Waals surface area contributed by atoms with Gasteiger partial charge < -0.3 is 10.2 Å². The van der Waals surface area contributed by atoms with Crippen molar-refractivity contribution < 1.29 is 9.59 Å². The normalized spacial score (nSPS) is 11.1. The minimum atomic E-state index is -0.206. The lowest BCUT2D eigenvalue weighted by molar-refractivity contribution is -0.130. The third kappa shape index (κ3) is 6.44. The van der Waals surface area contributed by atoms with Crippen molar-refractivity contribution in [2.45, 2.75) is 47.6 Å². The number of anilines is 1. The van der Waals surface area contributed by atoms with E-state index in [4.69, 9.17) is 0 Å². The van der Waals surface area contributed by atoms with Gasteiger partial charge in [-0.25, -0.2) is 0 Å². The number of nitrogens with one attached hydrogen (secondary N) is 1. The van der Waals surface area contributed by atoms with Gasteiger partial charge in [0, 0.05) is 29.6 Å². The van der Waals surface area contributed by atoms with Crippen LogP contribution in [0.15, 0.2) is 54.6 Å². The topological polar surface area (TPSA) is 67.2 Å². The number of carbonyl (C=O) groups is 2. The van der Waals surface area contributed by atoms with E-state index in [9.17, 15) is 9.59 Å². The highest BCUT2D eigenvalue weighted by Gasteiger charge is 2.16. The van der Waals surface area contributed by atoms with Crippen LogP contribution in [0, 0.1) is 27.7 Å². The monoisotopic (exact) mass is 458 g/mol. The Labute approximate surface area is 202 Å². The van der Waals surface area contributed by atoms with Gasteiger partial charge in [-0.15, -0.1) is 0 Å². The maximum absolute atomic E-state index is 12.9. The first-order chi connectivity index (χ1) is 16.3. The lowest BCUT2D eigenvalue weighted by Crippen LogP contribution is -2.37. The summed E-state index contributed by atoms with van der Waals surface area (Å²) < 4.78 is 1.96. The van der Waals surface area contributed by atoms with Crippen molar-refractivity contribution in [3.05, 3.63) is 88.2 Å². The molecular formula is C28H34N4O2. The van der Waals surface area contributed by atoms with E-state index in [-0.39, 0.29) is 18.4 Å². The summed E-state index contributed by atoms with van der Waals surface area (Å²) in [5.74, 6) is -0.394. The molecule has 0 unspecified atom stereocenters. The van der Waals surface area contributed by atoms with E-state index in [1.807, 2.05) is 62.7 Å². The van der Waals surface area contributed by atoms with Crippen molar-refractivity contribution in [2.24, 2.45) is 0 Å². The summed E-state index contributed by atoms with van der Waals surface area (Å²) in [5, 5.41) is 7.57. The van der Waals surface area contributed by atoms with E-state index in [2.05, 4.69) is 41.6 Å². The smallest absolute Gasteiger partial charge is 0.247 e. The fourth-order valence-corrected chi connectivity index (χ4v) is 3.85. The van der Waals surface area contributed by atoms with Crippen molar-refractivity contribution in [1.29, 1.82) is 0 Å². The van der Waals surface area contributed by atoms with E-state index in [1.165, 1.54) is 11.1 Å². The Bertz CT molecular complexity index is 1180. The number of amides is 2. The van der Waals surface area contributed by atoms with Crippen molar-refractivity contribution in [1.82, 2.24) is 14.7 Å². The second-order valence-electron chi connectivity index (χ2n) is 8.68. The van der Waals surface area contributed by atoms with Crippen molar-refractivity contribution in [3.63, 3.8) is 0 Å². The molecule has 0 bridgehead atoms. The molecule has 3 aromatic rings. The number of carbonyl (C=O) groups excluding carboxylic acids is 2. The highest BCUT2D eigenvalue weighted by atomic mass is 16.2. The van der Waals surface area contributed by atoms with Gasteiger partial charge in [0.25, 0.3) is 0 Å². The average Bonchev–Trinajstić information content (AvgIpc) is 3.07. The van der Waals surface area contributed by atoms with Gasteiger partial charge in [0.1, 0.15) is 6.54 Å². The van der Waals surface area contributed by atoms with Gasteiger partial charge in [-0.1, -0.05) is 55.0 Å². The standard InChI is InChI=1S/C28H34N4O2/c1-6-17-31(19-27(33)29-26-10-8-7-9-21(26)3)28(34)16-15-25-22(4)30-32(23(25)5)18-24-13-11-20(2)12-14-24/h7-16H,6,17-19H2,1-5H3,(H,29,33)/b16-15+. The molecule has 1 N–H and O–H groups in total. The van der Waals surface area contributed by atoms with E-state index >= 15 is 0 Å². The van der Waals surface area contributed by atoms with E-state index in [0.717, 1.165) is 34.6 Å². The molecule has 2 amide bonds. The summed E-state index contributed by atoms with van der Waals surface area (Å²) in [6.07, 6.45) is 4.13. The molecular weight excluding hydrogens is 424 g/mol. The molecule has 0 spiro atoms. The lowest BCUT2D eigenvalue weighted by atomic mass is 10.1. The third-order valence-corrected chi connectivity index (χ3v) is 5.84. The molecule has 3 rings (SSSR count). The summed E-state index contributed by atoms with van der Waals surface area (Å²) in [7, 11) is 0. The molecule has 0 saturated carbocycles. The molecule has 34 heavy (non-hydrogen) atoms. The first-order valence-corrected chi connectivity index (χ1v) is 11.7. The Hall–Kier alpha value is -3.67. The first-order valence-electron chi connectivity index (χ1n) is 11.7. The number of aromatic nitrogens is 2. The molecule has 0 fully saturated rings. The minimum Gasteiger partial charge on any atom is -0.330 e. The number of nitrogens with zero attached hydrogens (tertiary/aromatic N) is 3. The van der Waals surface area contributed by atoms with Gasteiger partial charge in [0.15, 0.2) is 0 Å². The van der Waals surface area contributed by atoms with Crippen LogP contribution in [-0.4, -0.2) is 39.6 Å². The molecule has 1 heterocycles. The molecule has 0 aliphatic heterocycles. The number of hydrogen-bond donors (Lipinski definition) is 1. The minimum absolute atomic E-state index is 0.00992. The summed E-state index contributed by atoms with van der Waals surface area (Å²) in [5.41, 5.74) is 6.95. The highest BCUT2D eigenvalue weighted by molar-refractivity contribution is 5.98. The molecule has 6 nitrogen and oxygen atoms in total. The zero-order chi connectivity index (χ0) is 24.7. The maximum atomic E-state index is 12.9. The second-order valence-corrected chi connectivity index (χ2v) is 8.68. The van der Waals surface area contributed by atoms with Gasteiger partial charge in [-0.3, -0.25) is 14.3 Å². The maximum Gasteiger partial charge on any atom is 0.247 e. The fraction of sp³-hybridized carbons (Fsp3) is 0.321. The van der Waals surface area contributed by atoms with Crippen LogP contribution in [0.5, 0.6) is 0 Å². The summed E-state index contributed by atoms with van der Waals surface area (Å²) in [4.78, 5) is 27.1. The van der Waals surface area contributed by atoms with E-state index < -0.39 is 0 Å². The number of hydrogen-bond acceptors (Lipinski definition) is 3. The summed E-state index contributed by atoms with van der Waals surface area (Å²) in [6.45, 7) is 11.2. The molecule has 0 saturated heterocycles. The molecule has 0 atom stereocenters. The predicted octanol–water partition coefficient (Wildman–Crippen LogP) is 5.06. The van der Waals surface area contributed by atoms with Crippen LogP contribution < -0.4 is 5.32 Å². The Morgan fingerprint density at radius 3 is 2.41 bits per heavy atom. The van der Waals surface area contributed by atoms with Gasteiger partial charge >= 0.3 is 0 Å². The van der Waals surface area contributed by atoms with Crippen LogP contribution in [0.3, 0.4) is 0 Å². The first kappa shape index (κ1) is 25.0. The van der Waals surface area contributed by atoms with Crippen LogP contribution in [0.4, 0.5) is 5.69 Å². The summed E-state index contributed by atoms with van der Waals surface area (Å²) >= 11 is 0. The summed E-state index contributed by atoms with van der Waals surface area (Å²) in [6, 6.07) is 16.0. The Morgan fingerprint density at radius 1 is 1.03 bits per heavy atom.